The lowest BCUT2D eigenvalue weighted by Crippen LogP contribution is -2.30. The maximum atomic E-state index is 11.4. The molecule has 1 aromatic heterocycles. The summed E-state index contributed by atoms with van der Waals surface area (Å²) in [6.07, 6.45) is 1.66. The first kappa shape index (κ1) is 8.96. The summed E-state index contributed by atoms with van der Waals surface area (Å²) in [6, 6.07) is 1.36. The van der Waals surface area contributed by atoms with Gasteiger partial charge in [-0.1, -0.05) is 0 Å². The Morgan fingerprint density at radius 2 is 2.36 bits per heavy atom. The van der Waals surface area contributed by atoms with Crippen molar-refractivity contribution in [1.82, 2.24) is 4.57 Å². The molecule has 1 amide bonds. The zero-order valence-corrected chi connectivity index (χ0v) is 7.53. The molecule has 2 N–H and O–H groups in total. The van der Waals surface area contributed by atoms with Gasteiger partial charge in [-0.2, -0.15) is 0 Å². The highest BCUT2D eigenvalue weighted by Crippen LogP contribution is 2.10. The van der Waals surface area contributed by atoms with Crippen molar-refractivity contribution in [2.75, 3.05) is 6.61 Å². The van der Waals surface area contributed by atoms with E-state index in [9.17, 15) is 9.59 Å². The molecule has 0 unspecified atom stereocenters. The summed E-state index contributed by atoms with van der Waals surface area (Å²) in [6.45, 7) is 1.51. The second kappa shape index (κ2) is 3.26. The van der Waals surface area contributed by atoms with Crippen LogP contribution in [0.4, 0.5) is 0 Å². The molecule has 0 aromatic carbocycles. The molecule has 0 atom stereocenters. The second-order valence-electron chi connectivity index (χ2n) is 3.11. The van der Waals surface area contributed by atoms with E-state index < -0.39 is 5.91 Å². The Hall–Kier alpha value is -1.62. The topological polar surface area (TPSA) is 74.3 Å². The lowest BCUT2D eigenvalue weighted by molar-refractivity contribution is 0.0804. The summed E-state index contributed by atoms with van der Waals surface area (Å²) in [4.78, 5) is 22.4. The van der Waals surface area contributed by atoms with E-state index in [0.29, 0.717) is 18.8 Å². The quantitative estimate of drug-likeness (QED) is 0.653. The minimum absolute atomic E-state index is 0.0483. The Morgan fingerprint density at radius 1 is 1.57 bits per heavy atom. The van der Waals surface area contributed by atoms with Crippen LogP contribution in [0.5, 0.6) is 0 Å². The normalized spacial score (nSPS) is 14.9. The van der Waals surface area contributed by atoms with Gasteiger partial charge in [0, 0.05) is 18.8 Å². The molecule has 0 fully saturated rings. The fraction of sp³-hybridized carbons (Fsp3) is 0.333. The monoisotopic (exact) mass is 194 g/mol. The van der Waals surface area contributed by atoms with Crippen molar-refractivity contribution in [2.45, 2.75) is 13.2 Å². The number of aromatic nitrogens is 1. The summed E-state index contributed by atoms with van der Waals surface area (Å²) in [7, 11) is 0. The van der Waals surface area contributed by atoms with Crippen LogP contribution in [0.1, 0.15) is 16.1 Å². The van der Waals surface area contributed by atoms with E-state index in [-0.39, 0.29) is 17.6 Å². The number of rotatable bonds is 1. The predicted octanol–water partition coefficient (Wildman–Crippen LogP) is -0.523. The molecule has 1 aliphatic heterocycles. The molecular formula is C9H10N2O3. The van der Waals surface area contributed by atoms with E-state index in [1.807, 2.05) is 4.57 Å². The van der Waals surface area contributed by atoms with Crippen LogP contribution in [-0.2, 0) is 17.9 Å². The van der Waals surface area contributed by atoms with Gasteiger partial charge in [-0.3, -0.25) is 9.59 Å². The third-order valence-corrected chi connectivity index (χ3v) is 2.25. The number of pyridine rings is 1. The van der Waals surface area contributed by atoms with Gasteiger partial charge >= 0.3 is 0 Å². The molecular weight excluding hydrogens is 184 g/mol. The molecule has 0 saturated heterocycles. The number of carbonyl (C=O) groups is 1. The number of fused-ring (bicyclic) bond motifs is 1. The van der Waals surface area contributed by atoms with Gasteiger partial charge in [0.05, 0.1) is 18.9 Å². The highest BCUT2D eigenvalue weighted by atomic mass is 16.5. The highest BCUT2D eigenvalue weighted by molar-refractivity contribution is 5.93. The molecule has 0 saturated carbocycles. The molecule has 0 bridgehead atoms. The Balaban J connectivity index is 2.67. The summed E-state index contributed by atoms with van der Waals surface area (Å²) >= 11 is 0. The second-order valence-corrected chi connectivity index (χ2v) is 3.11. The van der Waals surface area contributed by atoms with Crippen LogP contribution in [-0.4, -0.2) is 17.1 Å². The number of nitrogens with zero attached hydrogens (tertiary/aromatic N) is 1. The molecule has 2 rings (SSSR count). The van der Waals surface area contributed by atoms with Crippen LogP contribution in [0, 0.1) is 0 Å². The molecule has 74 valence electrons. The van der Waals surface area contributed by atoms with Crippen molar-refractivity contribution in [3.05, 3.63) is 33.7 Å². The zero-order chi connectivity index (χ0) is 10.1. The number of hydrogen-bond acceptors (Lipinski definition) is 3. The molecule has 5 heteroatoms. The van der Waals surface area contributed by atoms with Gasteiger partial charge in [0.2, 0.25) is 0 Å². The van der Waals surface area contributed by atoms with Crippen LogP contribution >= 0.6 is 0 Å². The third kappa shape index (κ3) is 1.31. The lowest BCUT2D eigenvalue weighted by Gasteiger charge is -2.20. The van der Waals surface area contributed by atoms with E-state index in [1.54, 1.807) is 6.20 Å². The van der Waals surface area contributed by atoms with Gasteiger partial charge in [0.1, 0.15) is 5.56 Å². The Bertz CT molecular complexity index is 436. The zero-order valence-electron chi connectivity index (χ0n) is 7.53. The van der Waals surface area contributed by atoms with E-state index in [1.165, 1.54) is 6.07 Å². The maximum absolute atomic E-state index is 11.4. The van der Waals surface area contributed by atoms with Crippen molar-refractivity contribution in [1.29, 1.82) is 0 Å². The van der Waals surface area contributed by atoms with Crippen LogP contribution < -0.4 is 11.2 Å². The van der Waals surface area contributed by atoms with E-state index in [4.69, 9.17) is 10.5 Å². The fourth-order valence-electron chi connectivity index (χ4n) is 1.58. The van der Waals surface area contributed by atoms with E-state index in [0.717, 1.165) is 0 Å². The first-order valence-corrected chi connectivity index (χ1v) is 4.30. The van der Waals surface area contributed by atoms with Gasteiger partial charge in [0.25, 0.3) is 5.91 Å². The van der Waals surface area contributed by atoms with Gasteiger partial charge in [-0.25, -0.2) is 0 Å². The van der Waals surface area contributed by atoms with Crippen LogP contribution in [0.2, 0.25) is 0 Å². The standard InChI is InChI=1S/C9H10N2O3/c10-9(13)8-6-5-14-4-3-11(6)2-1-7(8)12/h1-2H,3-5H2,(H2,10,13). The summed E-state index contributed by atoms with van der Waals surface area (Å²) < 4.78 is 7.00. The van der Waals surface area contributed by atoms with Crippen LogP contribution in [0.25, 0.3) is 0 Å². The smallest absolute Gasteiger partial charge is 0.254 e. The molecule has 5 nitrogen and oxygen atoms in total. The van der Waals surface area contributed by atoms with Gasteiger partial charge in [-0.05, 0) is 0 Å². The van der Waals surface area contributed by atoms with Crippen LogP contribution in [0.3, 0.4) is 0 Å². The van der Waals surface area contributed by atoms with Gasteiger partial charge in [0.15, 0.2) is 5.43 Å². The summed E-state index contributed by atoms with van der Waals surface area (Å²) in [5.74, 6) is -0.690. The van der Waals surface area contributed by atoms with E-state index in [2.05, 4.69) is 0 Å². The van der Waals surface area contributed by atoms with Crippen molar-refractivity contribution in [3.63, 3.8) is 0 Å². The van der Waals surface area contributed by atoms with Gasteiger partial charge < -0.3 is 15.0 Å². The average molecular weight is 194 g/mol. The first-order valence-electron chi connectivity index (χ1n) is 4.30. The maximum Gasteiger partial charge on any atom is 0.254 e. The minimum atomic E-state index is -0.690. The average Bonchev–Trinajstić information content (AvgIpc) is 2.17. The summed E-state index contributed by atoms with van der Waals surface area (Å²) in [5, 5.41) is 0. The van der Waals surface area contributed by atoms with E-state index >= 15 is 0 Å². The number of ether oxygens (including phenoxy) is 1. The number of primary amides is 1. The highest BCUT2D eigenvalue weighted by Gasteiger charge is 2.18. The predicted molar refractivity (Wildman–Crippen MR) is 48.9 cm³/mol. The lowest BCUT2D eigenvalue weighted by atomic mass is 10.1. The fourth-order valence-corrected chi connectivity index (χ4v) is 1.58. The molecule has 14 heavy (non-hydrogen) atoms. The molecule has 2 heterocycles. The largest absolute Gasteiger partial charge is 0.373 e. The number of carbonyl (C=O) groups excluding carboxylic acids is 1. The Morgan fingerprint density at radius 3 is 3.07 bits per heavy atom. The molecule has 0 aliphatic carbocycles. The first-order chi connectivity index (χ1) is 6.70. The van der Waals surface area contributed by atoms with Crippen molar-refractivity contribution in [3.8, 4) is 0 Å². The molecule has 0 radical (unpaired) electrons. The molecule has 0 spiro atoms. The van der Waals surface area contributed by atoms with Crippen molar-refractivity contribution < 1.29 is 9.53 Å². The number of amides is 1. The SMILES string of the molecule is NC(=O)c1c2n(ccc1=O)CCOC2. The van der Waals surface area contributed by atoms with Crippen molar-refractivity contribution in [2.24, 2.45) is 5.73 Å². The third-order valence-electron chi connectivity index (χ3n) is 2.25. The molecule has 1 aliphatic rings. The van der Waals surface area contributed by atoms with Crippen LogP contribution in [0.15, 0.2) is 17.1 Å². The Labute approximate surface area is 80.1 Å². The molecule has 1 aromatic rings. The van der Waals surface area contributed by atoms with Gasteiger partial charge in [-0.15, -0.1) is 0 Å². The minimum Gasteiger partial charge on any atom is -0.373 e. The Kier molecular flexibility index (Phi) is 2.09. The number of hydrogen-bond donors (Lipinski definition) is 1. The van der Waals surface area contributed by atoms with Crippen molar-refractivity contribution >= 4 is 5.91 Å². The summed E-state index contributed by atoms with van der Waals surface area (Å²) in [5.41, 5.74) is 5.42. The number of nitrogens with two attached hydrogens (primary N) is 1.